The minimum atomic E-state index is -0.562. The molecule has 0 saturated heterocycles. The van der Waals surface area contributed by atoms with Crippen molar-refractivity contribution in [1.29, 1.82) is 0 Å². The number of halogens is 2. The molecule has 0 fully saturated rings. The molecule has 1 heterocycles. The summed E-state index contributed by atoms with van der Waals surface area (Å²) < 4.78 is 18.2. The van der Waals surface area contributed by atoms with Crippen molar-refractivity contribution in [2.45, 2.75) is 6.92 Å². The first-order chi connectivity index (χ1) is 7.59. The number of benzene rings is 1. The quantitative estimate of drug-likeness (QED) is 0.748. The van der Waals surface area contributed by atoms with Gasteiger partial charge in [0.2, 0.25) is 11.0 Å². The van der Waals surface area contributed by atoms with Crippen LogP contribution in [-0.4, -0.2) is 5.78 Å². The zero-order valence-corrected chi connectivity index (χ0v) is 9.22. The van der Waals surface area contributed by atoms with E-state index in [1.165, 1.54) is 24.5 Å². The van der Waals surface area contributed by atoms with Crippen LogP contribution in [0, 0.1) is 12.7 Å². The molecule has 2 rings (SSSR count). The van der Waals surface area contributed by atoms with Crippen LogP contribution >= 0.6 is 11.6 Å². The van der Waals surface area contributed by atoms with Gasteiger partial charge in [0.05, 0.1) is 17.4 Å². The molecule has 0 saturated carbocycles. The zero-order chi connectivity index (χ0) is 11.7. The van der Waals surface area contributed by atoms with E-state index in [0.717, 1.165) is 5.56 Å². The highest BCUT2D eigenvalue weighted by Crippen LogP contribution is 2.22. The molecule has 1 aromatic carbocycles. The van der Waals surface area contributed by atoms with Crippen LogP contribution in [0.4, 0.5) is 4.39 Å². The maximum atomic E-state index is 13.4. The number of ketones is 1. The summed E-state index contributed by atoms with van der Waals surface area (Å²) in [5.41, 5.74) is 0.985. The molecule has 0 aliphatic carbocycles. The Bertz CT molecular complexity index is 546. The fourth-order valence-electron chi connectivity index (χ4n) is 1.41. The Kier molecular flexibility index (Phi) is 2.79. The van der Waals surface area contributed by atoms with Crippen molar-refractivity contribution in [1.82, 2.24) is 0 Å². The van der Waals surface area contributed by atoms with Gasteiger partial charge in [-0.1, -0.05) is 11.6 Å². The van der Waals surface area contributed by atoms with Gasteiger partial charge in [-0.05, 0) is 36.7 Å². The third-order valence-electron chi connectivity index (χ3n) is 2.23. The van der Waals surface area contributed by atoms with Crippen molar-refractivity contribution in [2.24, 2.45) is 0 Å². The van der Waals surface area contributed by atoms with Crippen molar-refractivity contribution in [3.05, 3.63) is 58.3 Å². The van der Waals surface area contributed by atoms with E-state index >= 15 is 0 Å². The second-order valence-corrected chi connectivity index (χ2v) is 3.76. The summed E-state index contributed by atoms with van der Waals surface area (Å²) in [5.74, 6) is -1.03. The molecule has 0 amide bonds. The van der Waals surface area contributed by atoms with Crippen LogP contribution in [0.25, 0.3) is 0 Å². The number of hydrogen-bond acceptors (Lipinski definition) is 2. The zero-order valence-electron chi connectivity index (χ0n) is 8.46. The first kappa shape index (κ1) is 10.9. The fourth-order valence-corrected chi connectivity index (χ4v) is 1.61. The molecule has 16 heavy (non-hydrogen) atoms. The molecule has 2 aromatic rings. The average molecular weight is 239 g/mol. The number of carbonyl (C=O) groups excluding carboxylic acids is 1. The van der Waals surface area contributed by atoms with E-state index in [1.54, 1.807) is 13.0 Å². The van der Waals surface area contributed by atoms with Gasteiger partial charge in [0.25, 0.3) is 0 Å². The standard InChI is InChI=1S/C12H8ClFO2/c1-7-2-3-10(14)9(6-7)11(15)8-4-5-16-12(8)13/h2-6H,1H3. The Hall–Kier alpha value is -1.61. The van der Waals surface area contributed by atoms with Gasteiger partial charge in [-0.25, -0.2) is 4.39 Å². The fraction of sp³-hybridized carbons (Fsp3) is 0.0833. The molecule has 0 aliphatic heterocycles. The van der Waals surface area contributed by atoms with Crippen LogP contribution in [0.1, 0.15) is 21.5 Å². The molecule has 2 nitrogen and oxygen atoms in total. The summed E-state index contributed by atoms with van der Waals surface area (Å²) in [6.45, 7) is 1.78. The minimum Gasteiger partial charge on any atom is -0.452 e. The van der Waals surface area contributed by atoms with Gasteiger partial charge in [-0.15, -0.1) is 0 Å². The van der Waals surface area contributed by atoms with Crippen LogP contribution in [0.3, 0.4) is 0 Å². The third-order valence-corrected chi connectivity index (χ3v) is 2.52. The highest BCUT2D eigenvalue weighted by atomic mass is 35.5. The number of furan rings is 1. The van der Waals surface area contributed by atoms with E-state index in [9.17, 15) is 9.18 Å². The Morgan fingerprint density at radius 3 is 2.69 bits per heavy atom. The highest BCUT2D eigenvalue weighted by Gasteiger charge is 2.18. The number of hydrogen-bond donors (Lipinski definition) is 0. The Morgan fingerprint density at radius 1 is 1.31 bits per heavy atom. The molecule has 82 valence electrons. The lowest BCUT2D eigenvalue weighted by molar-refractivity contribution is 0.103. The summed E-state index contributed by atoms with van der Waals surface area (Å²) in [6.07, 6.45) is 1.29. The Labute approximate surface area is 96.6 Å². The second-order valence-electron chi connectivity index (χ2n) is 3.42. The molecule has 1 aromatic heterocycles. The summed E-state index contributed by atoms with van der Waals surface area (Å²) >= 11 is 5.67. The van der Waals surface area contributed by atoms with Crippen LogP contribution in [0.2, 0.25) is 5.22 Å². The molecule has 0 aliphatic rings. The lowest BCUT2D eigenvalue weighted by Gasteiger charge is -2.02. The Balaban J connectivity index is 2.49. The summed E-state index contributed by atoms with van der Waals surface area (Å²) in [7, 11) is 0. The van der Waals surface area contributed by atoms with E-state index in [2.05, 4.69) is 0 Å². The van der Waals surface area contributed by atoms with E-state index in [-0.39, 0.29) is 16.3 Å². The van der Waals surface area contributed by atoms with Crippen LogP contribution in [-0.2, 0) is 0 Å². The molecule has 0 unspecified atom stereocenters. The molecule has 0 atom stereocenters. The van der Waals surface area contributed by atoms with Crippen molar-refractivity contribution in [2.75, 3.05) is 0 Å². The highest BCUT2D eigenvalue weighted by molar-refractivity contribution is 6.33. The topological polar surface area (TPSA) is 30.2 Å². The number of rotatable bonds is 2. The largest absolute Gasteiger partial charge is 0.452 e. The first-order valence-corrected chi connectivity index (χ1v) is 5.01. The molecular weight excluding hydrogens is 231 g/mol. The maximum absolute atomic E-state index is 13.4. The summed E-state index contributed by atoms with van der Waals surface area (Å²) in [5, 5.41) is -0.0223. The predicted molar refractivity (Wildman–Crippen MR) is 58.3 cm³/mol. The van der Waals surface area contributed by atoms with Crippen molar-refractivity contribution in [3.63, 3.8) is 0 Å². The van der Waals surface area contributed by atoms with Gasteiger partial charge >= 0.3 is 0 Å². The molecule has 4 heteroatoms. The van der Waals surface area contributed by atoms with Crippen LogP contribution < -0.4 is 0 Å². The van der Waals surface area contributed by atoms with Crippen molar-refractivity contribution in [3.8, 4) is 0 Å². The molecule has 0 N–H and O–H groups in total. The van der Waals surface area contributed by atoms with E-state index in [4.69, 9.17) is 16.0 Å². The van der Waals surface area contributed by atoms with Gasteiger partial charge in [0, 0.05) is 0 Å². The van der Waals surface area contributed by atoms with E-state index in [1.807, 2.05) is 0 Å². The lowest BCUT2D eigenvalue weighted by atomic mass is 10.0. The molecule has 0 spiro atoms. The summed E-state index contributed by atoms with van der Waals surface area (Å²) in [6, 6.07) is 5.77. The molecule has 0 radical (unpaired) electrons. The molecular formula is C12H8ClFO2. The SMILES string of the molecule is Cc1ccc(F)c(C(=O)c2ccoc2Cl)c1. The van der Waals surface area contributed by atoms with Gasteiger partial charge in [0.15, 0.2) is 0 Å². The van der Waals surface area contributed by atoms with Crippen molar-refractivity contribution >= 4 is 17.4 Å². The van der Waals surface area contributed by atoms with Gasteiger partial charge in [-0.2, -0.15) is 0 Å². The van der Waals surface area contributed by atoms with Gasteiger partial charge in [-0.3, -0.25) is 4.79 Å². The maximum Gasteiger partial charge on any atom is 0.204 e. The summed E-state index contributed by atoms with van der Waals surface area (Å²) in [4.78, 5) is 11.9. The Morgan fingerprint density at radius 2 is 2.06 bits per heavy atom. The number of aryl methyl sites for hydroxylation is 1. The number of carbonyl (C=O) groups is 1. The first-order valence-electron chi connectivity index (χ1n) is 4.63. The van der Waals surface area contributed by atoms with Gasteiger partial charge < -0.3 is 4.42 Å². The van der Waals surface area contributed by atoms with E-state index in [0.29, 0.717) is 0 Å². The van der Waals surface area contributed by atoms with Crippen molar-refractivity contribution < 1.29 is 13.6 Å². The predicted octanol–water partition coefficient (Wildman–Crippen LogP) is 3.61. The van der Waals surface area contributed by atoms with Crippen LogP contribution in [0.15, 0.2) is 34.9 Å². The second kappa shape index (κ2) is 4.10. The third kappa shape index (κ3) is 1.86. The normalized spacial score (nSPS) is 10.4. The van der Waals surface area contributed by atoms with E-state index < -0.39 is 11.6 Å². The lowest BCUT2D eigenvalue weighted by Crippen LogP contribution is -2.04. The average Bonchev–Trinajstić information content (AvgIpc) is 2.67. The van der Waals surface area contributed by atoms with Gasteiger partial charge in [0.1, 0.15) is 5.82 Å². The monoisotopic (exact) mass is 238 g/mol. The minimum absolute atomic E-state index is 0.00306. The molecule has 0 bridgehead atoms. The smallest absolute Gasteiger partial charge is 0.204 e. The van der Waals surface area contributed by atoms with Crippen LogP contribution in [0.5, 0.6) is 0 Å².